The molecule has 0 atom stereocenters. The summed E-state index contributed by atoms with van der Waals surface area (Å²) >= 11 is 0. The molecule has 1 aromatic carbocycles. The highest BCUT2D eigenvalue weighted by molar-refractivity contribution is 5.37. The molecule has 0 aliphatic heterocycles. The average Bonchev–Trinajstić information content (AvgIpc) is 2.59. The third-order valence-electron chi connectivity index (χ3n) is 5.23. The quantitative estimate of drug-likeness (QED) is 0.343. The average molecular weight is 396 g/mol. The molecular formula is C20H26F6O. The highest BCUT2D eigenvalue weighted by Crippen LogP contribution is 2.39. The first kappa shape index (κ1) is 21.9. The molecule has 154 valence electrons. The van der Waals surface area contributed by atoms with E-state index in [-0.39, 0.29) is 24.3 Å². The molecule has 1 fully saturated rings. The van der Waals surface area contributed by atoms with Gasteiger partial charge in [0.2, 0.25) is 0 Å². The van der Waals surface area contributed by atoms with Crippen LogP contribution in [0.3, 0.4) is 0 Å². The molecule has 0 bridgehead atoms. The summed E-state index contributed by atoms with van der Waals surface area (Å²) in [6, 6.07) is 1.41. The summed E-state index contributed by atoms with van der Waals surface area (Å²) in [5.74, 6) is 0.483. The van der Waals surface area contributed by atoms with E-state index in [0.29, 0.717) is 18.1 Å². The monoisotopic (exact) mass is 396 g/mol. The summed E-state index contributed by atoms with van der Waals surface area (Å²) in [6.07, 6.45) is -0.977. The van der Waals surface area contributed by atoms with Crippen molar-refractivity contribution in [3.05, 3.63) is 29.3 Å². The molecule has 27 heavy (non-hydrogen) atoms. The smallest absolute Gasteiger partial charge is 0.416 e. The first-order valence-corrected chi connectivity index (χ1v) is 9.52. The van der Waals surface area contributed by atoms with Crippen LogP contribution >= 0.6 is 0 Å². The number of hydrogen-bond donors (Lipinski definition) is 0. The van der Waals surface area contributed by atoms with Gasteiger partial charge in [0.1, 0.15) is 5.75 Å². The Morgan fingerprint density at radius 1 is 0.815 bits per heavy atom. The Morgan fingerprint density at radius 3 is 1.81 bits per heavy atom. The predicted octanol–water partition coefficient (Wildman–Crippen LogP) is 7.49. The summed E-state index contributed by atoms with van der Waals surface area (Å²) in [5.41, 5.74) is -2.68. The van der Waals surface area contributed by atoms with Crippen molar-refractivity contribution >= 4 is 0 Å². The standard InChI is InChI=1S/C20H26F6O/c1-2-3-4-5-14-6-8-15(9-7-14)13-27-18-11-16(19(21,22)23)10-17(12-18)20(24,25)26/h10-12,14-15H,2-9,13H2,1H3. The third kappa shape index (κ3) is 6.92. The molecule has 1 aliphatic rings. The van der Waals surface area contributed by atoms with Gasteiger partial charge in [-0.1, -0.05) is 45.4 Å². The Kier molecular flexibility index (Phi) is 7.46. The summed E-state index contributed by atoms with van der Waals surface area (Å²) < 4.78 is 82.6. The number of benzene rings is 1. The maximum absolute atomic E-state index is 12.9. The number of ether oxygens (including phenoxy) is 1. The molecule has 0 heterocycles. The zero-order chi connectivity index (χ0) is 20.1. The normalized spacial score (nSPS) is 21.3. The predicted molar refractivity (Wildman–Crippen MR) is 91.5 cm³/mol. The van der Waals surface area contributed by atoms with E-state index >= 15 is 0 Å². The molecule has 0 saturated heterocycles. The Labute approximate surface area is 156 Å². The van der Waals surface area contributed by atoms with Crippen LogP contribution in [0, 0.1) is 11.8 Å². The van der Waals surface area contributed by atoms with Gasteiger partial charge in [-0.05, 0) is 42.9 Å². The van der Waals surface area contributed by atoms with Gasteiger partial charge in [-0.2, -0.15) is 26.3 Å². The van der Waals surface area contributed by atoms with Crippen molar-refractivity contribution in [1.29, 1.82) is 0 Å². The molecule has 0 aromatic heterocycles. The molecule has 1 aromatic rings. The molecule has 0 spiro atoms. The number of hydrogen-bond acceptors (Lipinski definition) is 1. The molecule has 0 amide bonds. The van der Waals surface area contributed by atoms with Gasteiger partial charge in [-0.3, -0.25) is 0 Å². The van der Waals surface area contributed by atoms with E-state index in [1.165, 1.54) is 25.7 Å². The van der Waals surface area contributed by atoms with E-state index in [1.54, 1.807) is 0 Å². The molecule has 1 saturated carbocycles. The van der Waals surface area contributed by atoms with E-state index < -0.39 is 23.5 Å². The Balaban J connectivity index is 1.94. The summed E-state index contributed by atoms with van der Waals surface area (Å²) in [4.78, 5) is 0. The number of unbranched alkanes of at least 4 members (excludes halogenated alkanes) is 2. The first-order valence-electron chi connectivity index (χ1n) is 9.52. The van der Waals surface area contributed by atoms with Crippen LogP contribution in [0.25, 0.3) is 0 Å². The second kappa shape index (κ2) is 9.20. The van der Waals surface area contributed by atoms with Crippen LogP contribution in [0.2, 0.25) is 0 Å². The number of rotatable bonds is 7. The highest BCUT2D eigenvalue weighted by Gasteiger charge is 2.37. The molecule has 0 radical (unpaired) electrons. The minimum absolute atomic E-state index is 0.119. The van der Waals surface area contributed by atoms with Gasteiger partial charge in [0.15, 0.2) is 0 Å². The van der Waals surface area contributed by atoms with Crippen molar-refractivity contribution < 1.29 is 31.1 Å². The van der Waals surface area contributed by atoms with Crippen LogP contribution in [-0.2, 0) is 12.4 Å². The van der Waals surface area contributed by atoms with Gasteiger partial charge in [-0.25, -0.2) is 0 Å². The van der Waals surface area contributed by atoms with Gasteiger partial charge in [0.05, 0.1) is 17.7 Å². The highest BCUT2D eigenvalue weighted by atomic mass is 19.4. The molecule has 1 nitrogen and oxygen atoms in total. The van der Waals surface area contributed by atoms with Gasteiger partial charge >= 0.3 is 12.4 Å². The van der Waals surface area contributed by atoms with Crippen molar-refractivity contribution in [2.75, 3.05) is 6.61 Å². The van der Waals surface area contributed by atoms with Gasteiger partial charge < -0.3 is 4.74 Å². The summed E-state index contributed by atoms with van der Waals surface area (Å²) in [5, 5.41) is 0. The van der Waals surface area contributed by atoms with Crippen molar-refractivity contribution in [3.8, 4) is 5.75 Å². The Hall–Kier alpha value is -1.40. The van der Waals surface area contributed by atoms with Crippen molar-refractivity contribution in [3.63, 3.8) is 0 Å². The van der Waals surface area contributed by atoms with Crippen LogP contribution in [0.5, 0.6) is 5.75 Å². The lowest BCUT2D eigenvalue weighted by Gasteiger charge is -2.28. The van der Waals surface area contributed by atoms with E-state index in [2.05, 4.69) is 6.92 Å². The molecule has 2 rings (SSSR count). The zero-order valence-corrected chi connectivity index (χ0v) is 15.4. The summed E-state index contributed by atoms with van der Waals surface area (Å²) in [6.45, 7) is 2.31. The lowest BCUT2D eigenvalue weighted by molar-refractivity contribution is -0.143. The van der Waals surface area contributed by atoms with Gasteiger partial charge in [0.25, 0.3) is 0 Å². The largest absolute Gasteiger partial charge is 0.493 e. The van der Waals surface area contributed by atoms with Crippen LogP contribution in [0.4, 0.5) is 26.3 Å². The van der Waals surface area contributed by atoms with Crippen LogP contribution in [0.1, 0.15) is 69.4 Å². The maximum Gasteiger partial charge on any atom is 0.416 e. The molecule has 7 heteroatoms. The fraction of sp³-hybridized carbons (Fsp3) is 0.700. The fourth-order valence-electron chi connectivity index (χ4n) is 3.59. The Bertz CT molecular complexity index is 553. The molecule has 0 unspecified atom stereocenters. The molecule has 0 N–H and O–H groups in total. The second-order valence-electron chi connectivity index (χ2n) is 7.44. The minimum Gasteiger partial charge on any atom is -0.493 e. The maximum atomic E-state index is 12.9. The third-order valence-corrected chi connectivity index (χ3v) is 5.23. The number of halogens is 6. The van der Waals surface area contributed by atoms with Gasteiger partial charge in [-0.15, -0.1) is 0 Å². The number of alkyl halides is 6. The van der Waals surface area contributed by atoms with Crippen LogP contribution in [0.15, 0.2) is 18.2 Å². The lowest BCUT2D eigenvalue weighted by Crippen LogP contribution is -2.20. The van der Waals surface area contributed by atoms with Crippen molar-refractivity contribution in [2.24, 2.45) is 11.8 Å². The zero-order valence-electron chi connectivity index (χ0n) is 15.4. The van der Waals surface area contributed by atoms with Gasteiger partial charge in [0, 0.05) is 0 Å². The van der Waals surface area contributed by atoms with E-state index in [9.17, 15) is 26.3 Å². The fourth-order valence-corrected chi connectivity index (χ4v) is 3.59. The first-order chi connectivity index (χ1) is 12.6. The van der Waals surface area contributed by atoms with Crippen molar-refractivity contribution in [2.45, 2.75) is 70.6 Å². The van der Waals surface area contributed by atoms with E-state index in [1.807, 2.05) is 0 Å². The molecular weight excluding hydrogens is 370 g/mol. The lowest BCUT2D eigenvalue weighted by atomic mass is 9.80. The van der Waals surface area contributed by atoms with E-state index in [4.69, 9.17) is 4.74 Å². The van der Waals surface area contributed by atoms with Crippen LogP contribution < -0.4 is 4.74 Å². The molecule has 1 aliphatic carbocycles. The topological polar surface area (TPSA) is 9.23 Å². The van der Waals surface area contributed by atoms with Crippen molar-refractivity contribution in [1.82, 2.24) is 0 Å². The SMILES string of the molecule is CCCCCC1CCC(COc2cc(C(F)(F)F)cc(C(F)(F)F)c2)CC1. The Morgan fingerprint density at radius 2 is 1.33 bits per heavy atom. The van der Waals surface area contributed by atoms with Crippen LogP contribution in [-0.4, -0.2) is 6.61 Å². The minimum atomic E-state index is -4.85. The second-order valence-corrected chi connectivity index (χ2v) is 7.44. The summed E-state index contributed by atoms with van der Waals surface area (Å²) in [7, 11) is 0. The van der Waals surface area contributed by atoms with E-state index in [0.717, 1.165) is 25.7 Å².